The summed E-state index contributed by atoms with van der Waals surface area (Å²) < 4.78 is 13.0. The molecule has 2 nitrogen and oxygen atoms in total. The summed E-state index contributed by atoms with van der Waals surface area (Å²) in [5.74, 6) is -0.330. The number of anilines is 1. The molecule has 0 saturated carbocycles. The van der Waals surface area contributed by atoms with Crippen LogP contribution in [0.25, 0.3) is 6.08 Å². The zero-order chi connectivity index (χ0) is 9.68. The summed E-state index contributed by atoms with van der Waals surface area (Å²) >= 11 is 0. The van der Waals surface area contributed by atoms with Crippen LogP contribution in [-0.2, 0) is 0 Å². The van der Waals surface area contributed by atoms with Crippen LogP contribution < -0.4 is 5.73 Å². The molecule has 0 aliphatic heterocycles. The lowest BCUT2D eigenvalue weighted by atomic mass is 10.1. The molecule has 0 aromatic heterocycles. The molecule has 0 amide bonds. The third kappa shape index (κ3) is 2.60. The highest BCUT2D eigenvalue weighted by molar-refractivity contribution is 5.56. The molecule has 1 aromatic rings. The number of nitrogens with two attached hydrogens (primary N) is 1. The van der Waals surface area contributed by atoms with Crippen molar-refractivity contribution < 1.29 is 4.39 Å². The number of hydrogen-bond donors (Lipinski definition) is 1. The Morgan fingerprint density at radius 2 is 2.31 bits per heavy atom. The summed E-state index contributed by atoms with van der Waals surface area (Å²) in [6.07, 6.45) is 3.42. The molecule has 0 aliphatic rings. The smallest absolute Gasteiger partial charge is 0.130 e. The van der Waals surface area contributed by atoms with Gasteiger partial charge in [-0.25, -0.2) is 4.39 Å². The molecular weight excluding hydrogens is 167 g/mol. The van der Waals surface area contributed by atoms with Crippen LogP contribution in [0.1, 0.15) is 12.0 Å². The number of nitrogens with zero attached hydrogens (tertiary/aromatic N) is 1. The first kappa shape index (κ1) is 9.27. The SMILES string of the molecule is N#CCC=Cc1cc(N)ccc1F. The van der Waals surface area contributed by atoms with E-state index in [1.165, 1.54) is 18.2 Å². The standard InChI is InChI=1S/C10H9FN2/c11-10-5-4-9(13)7-8(10)3-1-2-6-12/h1,3-5,7H,2,13H2. The van der Waals surface area contributed by atoms with E-state index in [-0.39, 0.29) is 12.2 Å². The molecule has 1 aromatic carbocycles. The molecule has 0 bridgehead atoms. The van der Waals surface area contributed by atoms with E-state index < -0.39 is 0 Å². The van der Waals surface area contributed by atoms with Crippen molar-refractivity contribution in [1.29, 1.82) is 5.26 Å². The van der Waals surface area contributed by atoms with Crippen LogP contribution in [0.3, 0.4) is 0 Å². The Balaban J connectivity index is 2.88. The molecule has 0 spiro atoms. The van der Waals surface area contributed by atoms with Crippen LogP contribution in [0.2, 0.25) is 0 Å². The van der Waals surface area contributed by atoms with Crippen molar-refractivity contribution in [1.82, 2.24) is 0 Å². The van der Waals surface area contributed by atoms with Gasteiger partial charge in [-0.3, -0.25) is 0 Å². The average molecular weight is 176 g/mol. The minimum Gasteiger partial charge on any atom is -0.399 e. The summed E-state index contributed by atoms with van der Waals surface area (Å²) in [5, 5.41) is 8.25. The third-order valence-corrected chi connectivity index (χ3v) is 1.53. The van der Waals surface area contributed by atoms with Gasteiger partial charge in [-0.1, -0.05) is 12.2 Å². The molecule has 2 N–H and O–H groups in total. The molecule has 0 aliphatic carbocycles. The Hall–Kier alpha value is -1.82. The van der Waals surface area contributed by atoms with Crippen LogP contribution in [0.4, 0.5) is 10.1 Å². The van der Waals surface area contributed by atoms with Crippen LogP contribution in [0.15, 0.2) is 24.3 Å². The van der Waals surface area contributed by atoms with Gasteiger partial charge in [0.2, 0.25) is 0 Å². The molecule has 66 valence electrons. The molecular formula is C10H9FN2. The summed E-state index contributed by atoms with van der Waals surface area (Å²) in [6, 6.07) is 6.27. The molecule has 0 saturated heterocycles. The van der Waals surface area contributed by atoms with Gasteiger partial charge in [0.15, 0.2) is 0 Å². The summed E-state index contributed by atoms with van der Waals surface area (Å²) in [7, 11) is 0. The van der Waals surface area contributed by atoms with Gasteiger partial charge in [-0.2, -0.15) is 5.26 Å². The van der Waals surface area contributed by atoms with Crippen LogP contribution in [0.5, 0.6) is 0 Å². The van der Waals surface area contributed by atoms with Gasteiger partial charge in [0.05, 0.1) is 12.5 Å². The predicted octanol–water partition coefficient (Wildman–Crippen LogP) is 2.33. The van der Waals surface area contributed by atoms with Gasteiger partial charge < -0.3 is 5.73 Å². The summed E-state index contributed by atoms with van der Waals surface area (Å²) in [4.78, 5) is 0. The van der Waals surface area contributed by atoms with Crippen LogP contribution in [0, 0.1) is 17.1 Å². The zero-order valence-electron chi connectivity index (χ0n) is 7.00. The fraction of sp³-hybridized carbons (Fsp3) is 0.100. The third-order valence-electron chi connectivity index (χ3n) is 1.53. The molecule has 3 heteroatoms. The molecule has 0 atom stereocenters. The van der Waals surface area contributed by atoms with Crippen molar-refractivity contribution in [2.75, 3.05) is 5.73 Å². The monoisotopic (exact) mass is 176 g/mol. The fourth-order valence-corrected chi connectivity index (χ4v) is 0.929. The Morgan fingerprint density at radius 3 is 3.00 bits per heavy atom. The first-order valence-electron chi connectivity index (χ1n) is 3.82. The molecule has 13 heavy (non-hydrogen) atoms. The number of rotatable bonds is 2. The maximum atomic E-state index is 13.0. The van der Waals surface area contributed by atoms with Crippen molar-refractivity contribution in [2.45, 2.75) is 6.42 Å². The van der Waals surface area contributed by atoms with E-state index in [9.17, 15) is 4.39 Å². The maximum Gasteiger partial charge on any atom is 0.130 e. The average Bonchev–Trinajstić information content (AvgIpc) is 2.11. The molecule has 0 radical (unpaired) electrons. The minimum absolute atomic E-state index is 0.272. The highest BCUT2D eigenvalue weighted by atomic mass is 19.1. The first-order chi connectivity index (χ1) is 6.24. The van der Waals surface area contributed by atoms with Gasteiger partial charge in [-0.05, 0) is 18.2 Å². The predicted molar refractivity (Wildman–Crippen MR) is 50.1 cm³/mol. The van der Waals surface area contributed by atoms with E-state index in [1.54, 1.807) is 12.2 Å². The van der Waals surface area contributed by atoms with E-state index in [2.05, 4.69) is 0 Å². The van der Waals surface area contributed by atoms with Crippen LogP contribution in [-0.4, -0.2) is 0 Å². The van der Waals surface area contributed by atoms with Gasteiger partial charge >= 0.3 is 0 Å². The second-order valence-electron chi connectivity index (χ2n) is 2.55. The van der Waals surface area contributed by atoms with Crippen LogP contribution >= 0.6 is 0 Å². The minimum atomic E-state index is -0.330. The van der Waals surface area contributed by atoms with E-state index in [0.717, 1.165) is 0 Å². The topological polar surface area (TPSA) is 49.8 Å². The fourth-order valence-electron chi connectivity index (χ4n) is 0.929. The zero-order valence-corrected chi connectivity index (χ0v) is 7.00. The Bertz CT molecular complexity index is 364. The quantitative estimate of drug-likeness (QED) is 0.703. The highest BCUT2D eigenvalue weighted by Crippen LogP contribution is 2.13. The number of nitriles is 1. The van der Waals surface area contributed by atoms with Gasteiger partial charge in [0.1, 0.15) is 5.82 Å². The largest absolute Gasteiger partial charge is 0.399 e. The molecule has 0 unspecified atom stereocenters. The molecule has 0 heterocycles. The first-order valence-corrected chi connectivity index (χ1v) is 3.82. The second kappa shape index (κ2) is 4.27. The van der Waals surface area contributed by atoms with E-state index in [0.29, 0.717) is 11.3 Å². The number of nitrogen functional groups attached to an aromatic ring is 1. The van der Waals surface area contributed by atoms with Gasteiger partial charge in [-0.15, -0.1) is 0 Å². The van der Waals surface area contributed by atoms with Crippen molar-refractivity contribution in [3.05, 3.63) is 35.7 Å². The molecule has 0 fully saturated rings. The number of halogens is 1. The van der Waals surface area contributed by atoms with E-state index in [1.807, 2.05) is 6.07 Å². The lowest BCUT2D eigenvalue weighted by molar-refractivity contribution is 0.625. The van der Waals surface area contributed by atoms with Crippen molar-refractivity contribution in [3.8, 4) is 6.07 Å². The van der Waals surface area contributed by atoms with E-state index in [4.69, 9.17) is 11.0 Å². The highest BCUT2D eigenvalue weighted by Gasteiger charge is 1.97. The lowest BCUT2D eigenvalue weighted by Gasteiger charge is -1.97. The van der Waals surface area contributed by atoms with Gasteiger partial charge in [0.25, 0.3) is 0 Å². The Morgan fingerprint density at radius 1 is 1.54 bits per heavy atom. The van der Waals surface area contributed by atoms with Gasteiger partial charge in [0, 0.05) is 11.3 Å². The second-order valence-corrected chi connectivity index (χ2v) is 2.55. The maximum absolute atomic E-state index is 13.0. The molecule has 1 rings (SSSR count). The number of hydrogen-bond acceptors (Lipinski definition) is 2. The van der Waals surface area contributed by atoms with Crippen molar-refractivity contribution in [2.24, 2.45) is 0 Å². The van der Waals surface area contributed by atoms with E-state index >= 15 is 0 Å². The number of benzene rings is 1. The lowest BCUT2D eigenvalue weighted by Crippen LogP contribution is -1.87. The summed E-state index contributed by atoms with van der Waals surface area (Å²) in [5.41, 5.74) is 6.39. The van der Waals surface area contributed by atoms with Crippen molar-refractivity contribution in [3.63, 3.8) is 0 Å². The number of allylic oxidation sites excluding steroid dienone is 1. The normalized spacial score (nSPS) is 10.2. The van der Waals surface area contributed by atoms with Crippen molar-refractivity contribution >= 4 is 11.8 Å². The Kier molecular flexibility index (Phi) is 3.04. The Labute approximate surface area is 76.1 Å². The summed E-state index contributed by atoms with van der Waals surface area (Å²) in [6.45, 7) is 0.